The molecule has 0 amide bonds. The highest BCUT2D eigenvalue weighted by atomic mass is 127. The number of ether oxygens (including phenoxy) is 2. The molecule has 1 aromatic carbocycles. The topological polar surface area (TPSA) is 46.1 Å². The lowest BCUT2D eigenvalue weighted by molar-refractivity contribution is 0.0698. The second-order valence-corrected chi connectivity index (χ2v) is 6.22. The highest BCUT2D eigenvalue weighted by Gasteiger charge is 2.24. The molecule has 0 saturated carbocycles. The smallest absolute Gasteiger partial charge is 0.193 e. The zero-order valence-corrected chi connectivity index (χ0v) is 17.8. The first-order valence-corrected chi connectivity index (χ1v) is 8.89. The molecule has 0 spiro atoms. The maximum Gasteiger partial charge on any atom is 0.193 e. The number of methoxy groups -OCH3 is 1. The Bertz CT molecular complexity index is 485. The molecule has 0 aliphatic carbocycles. The van der Waals surface area contributed by atoms with Crippen molar-refractivity contribution in [3.05, 3.63) is 35.9 Å². The van der Waals surface area contributed by atoms with Crippen molar-refractivity contribution < 1.29 is 9.47 Å². The third-order valence-corrected chi connectivity index (χ3v) is 4.34. The molecule has 1 heterocycles. The molecule has 0 radical (unpaired) electrons. The van der Waals surface area contributed by atoms with Crippen LogP contribution in [-0.4, -0.2) is 64.5 Å². The van der Waals surface area contributed by atoms with Crippen molar-refractivity contribution >= 4 is 29.9 Å². The highest BCUT2D eigenvalue weighted by molar-refractivity contribution is 14.0. The zero-order valence-electron chi connectivity index (χ0n) is 15.4. The van der Waals surface area contributed by atoms with Gasteiger partial charge in [-0.1, -0.05) is 30.3 Å². The van der Waals surface area contributed by atoms with Crippen LogP contribution in [0.1, 0.15) is 18.4 Å². The number of guanidine groups is 1. The van der Waals surface area contributed by atoms with E-state index in [-0.39, 0.29) is 24.0 Å². The molecule has 1 fully saturated rings. The summed E-state index contributed by atoms with van der Waals surface area (Å²) in [7, 11) is 3.55. The van der Waals surface area contributed by atoms with Gasteiger partial charge in [-0.25, -0.2) is 0 Å². The van der Waals surface area contributed by atoms with Crippen molar-refractivity contribution in [1.82, 2.24) is 10.2 Å². The minimum Gasteiger partial charge on any atom is -0.382 e. The molecule has 6 heteroatoms. The molecule has 142 valence electrons. The van der Waals surface area contributed by atoms with Crippen LogP contribution >= 0.6 is 24.0 Å². The third-order valence-electron chi connectivity index (χ3n) is 4.34. The molecular weight excluding hydrogens is 429 g/mol. The van der Waals surface area contributed by atoms with E-state index in [1.807, 2.05) is 7.05 Å². The molecular formula is C19H32IN3O2. The standard InChI is InChI=1S/C19H31N3O2.HI/c1-20-19(21-10-6-12-24-14-13-23-2)22-11-9-18(16-22)15-17-7-4-3-5-8-17;/h3-5,7-8,18H,6,9-16H2,1-2H3,(H,20,21);1H. The molecule has 1 N–H and O–H groups in total. The normalized spacial score (nSPS) is 17.4. The van der Waals surface area contributed by atoms with Gasteiger partial charge in [0, 0.05) is 40.4 Å². The summed E-state index contributed by atoms with van der Waals surface area (Å²) >= 11 is 0. The molecule has 1 atom stereocenters. The molecule has 0 bridgehead atoms. The van der Waals surface area contributed by atoms with Crippen LogP contribution in [0.5, 0.6) is 0 Å². The number of rotatable bonds is 9. The second-order valence-electron chi connectivity index (χ2n) is 6.22. The van der Waals surface area contributed by atoms with E-state index >= 15 is 0 Å². The SMILES string of the molecule is CN=C(NCCCOCCOC)N1CCC(Cc2ccccc2)C1.I. The maximum absolute atomic E-state index is 5.48. The lowest BCUT2D eigenvalue weighted by Gasteiger charge is -2.21. The van der Waals surface area contributed by atoms with Crippen LogP contribution in [0.3, 0.4) is 0 Å². The van der Waals surface area contributed by atoms with E-state index in [1.165, 1.54) is 12.0 Å². The minimum atomic E-state index is 0. The molecule has 1 aromatic rings. The fourth-order valence-electron chi connectivity index (χ4n) is 3.09. The molecule has 25 heavy (non-hydrogen) atoms. The lowest BCUT2D eigenvalue weighted by Crippen LogP contribution is -2.40. The number of hydrogen-bond donors (Lipinski definition) is 1. The van der Waals surface area contributed by atoms with Crippen LogP contribution in [0.25, 0.3) is 0 Å². The summed E-state index contributed by atoms with van der Waals surface area (Å²) < 4.78 is 10.4. The summed E-state index contributed by atoms with van der Waals surface area (Å²) in [6.07, 6.45) is 3.36. The first-order valence-electron chi connectivity index (χ1n) is 8.89. The van der Waals surface area contributed by atoms with Gasteiger partial charge in [0.05, 0.1) is 13.2 Å². The Morgan fingerprint density at radius 3 is 2.76 bits per heavy atom. The van der Waals surface area contributed by atoms with Crippen molar-refractivity contribution in [3.8, 4) is 0 Å². The molecule has 1 unspecified atom stereocenters. The summed E-state index contributed by atoms with van der Waals surface area (Å²) in [5.41, 5.74) is 1.43. The van der Waals surface area contributed by atoms with Crippen molar-refractivity contribution in [2.75, 3.05) is 53.6 Å². The Hall–Kier alpha value is -0.860. The Labute approximate surface area is 169 Å². The van der Waals surface area contributed by atoms with Crippen molar-refractivity contribution in [2.45, 2.75) is 19.3 Å². The average Bonchev–Trinajstić information content (AvgIpc) is 3.06. The lowest BCUT2D eigenvalue weighted by atomic mass is 9.99. The van der Waals surface area contributed by atoms with Gasteiger partial charge in [-0.2, -0.15) is 0 Å². The van der Waals surface area contributed by atoms with Crippen LogP contribution in [0.4, 0.5) is 0 Å². The third kappa shape index (κ3) is 8.37. The number of benzene rings is 1. The van der Waals surface area contributed by atoms with E-state index in [4.69, 9.17) is 9.47 Å². The van der Waals surface area contributed by atoms with Gasteiger partial charge in [0.2, 0.25) is 0 Å². The molecule has 0 aromatic heterocycles. The van der Waals surface area contributed by atoms with Gasteiger partial charge in [0.25, 0.3) is 0 Å². The van der Waals surface area contributed by atoms with E-state index in [0.29, 0.717) is 19.1 Å². The van der Waals surface area contributed by atoms with Gasteiger partial charge in [-0.15, -0.1) is 24.0 Å². The van der Waals surface area contributed by atoms with E-state index < -0.39 is 0 Å². The Balaban J connectivity index is 0.00000312. The van der Waals surface area contributed by atoms with Crippen molar-refractivity contribution in [3.63, 3.8) is 0 Å². The zero-order chi connectivity index (χ0) is 17.0. The Morgan fingerprint density at radius 1 is 1.24 bits per heavy atom. The first-order chi connectivity index (χ1) is 11.8. The molecule has 1 saturated heterocycles. The number of hydrogen-bond acceptors (Lipinski definition) is 3. The summed E-state index contributed by atoms with van der Waals surface area (Å²) in [4.78, 5) is 6.80. The van der Waals surface area contributed by atoms with Gasteiger partial charge >= 0.3 is 0 Å². The maximum atomic E-state index is 5.48. The van der Waals surface area contributed by atoms with Crippen LogP contribution in [0.15, 0.2) is 35.3 Å². The number of likely N-dealkylation sites (tertiary alicyclic amines) is 1. The summed E-state index contributed by atoms with van der Waals surface area (Å²) in [5.74, 6) is 1.73. The van der Waals surface area contributed by atoms with Crippen LogP contribution < -0.4 is 5.32 Å². The van der Waals surface area contributed by atoms with Gasteiger partial charge < -0.3 is 19.7 Å². The van der Waals surface area contributed by atoms with Gasteiger partial charge in [-0.3, -0.25) is 4.99 Å². The largest absolute Gasteiger partial charge is 0.382 e. The van der Waals surface area contributed by atoms with E-state index in [1.54, 1.807) is 7.11 Å². The van der Waals surface area contributed by atoms with Gasteiger partial charge in [0.15, 0.2) is 5.96 Å². The van der Waals surface area contributed by atoms with Gasteiger partial charge in [-0.05, 0) is 30.7 Å². The minimum absolute atomic E-state index is 0. The van der Waals surface area contributed by atoms with Crippen LogP contribution in [-0.2, 0) is 15.9 Å². The molecule has 1 aliphatic heterocycles. The summed E-state index contributed by atoms with van der Waals surface area (Å²) in [6, 6.07) is 10.8. The average molecular weight is 461 g/mol. The Morgan fingerprint density at radius 2 is 2.04 bits per heavy atom. The van der Waals surface area contributed by atoms with E-state index in [2.05, 4.69) is 45.5 Å². The van der Waals surface area contributed by atoms with E-state index in [9.17, 15) is 0 Å². The highest BCUT2D eigenvalue weighted by Crippen LogP contribution is 2.20. The number of halogens is 1. The first kappa shape index (κ1) is 22.2. The predicted molar refractivity (Wildman–Crippen MR) is 114 cm³/mol. The molecule has 1 aliphatic rings. The fraction of sp³-hybridized carbons (Fsp3) is 0.632. The van der Waals surface area contributed by atoms with Crippen molar-refractivity contribution in [1.29, 1.82) is 0 Å². The fourth-order valence-corrected chi connectivity index (χ4v) is 3.09. The number of nitrogens with zero attached hydrogens (tertiary/aromatic N) is 2. The van der Waals surface area contributed by atoms with Crippen LogP contribution in [0, 0.1) is 5.92 Å². The monoisotopic (exact) mass is 461 g/mol. The van der Waals surface area contributed by atoms with E-state index in [0.717, 1.165) is 45.0 Å². The quantitative estimate of drug-likeness (QED) is 0.266. The predicted octanol–water partition coefficient (Wildman–Crippen LogP) is 2.80. The summed E-state index contributed by atoms with van der Waals surface area (Å²) in [5, 5.41) is 3.45. The van der Waals surface area contributed by atoms with Crippen LogP contribution in [0.2, 0.25) is 0 Å². The number of aliphatic imine (C=N–C) groups is 1. The summed E-state index contributed by atoms with van der Waals surface area (Å²) in [6.45, 7) is 5.13. The second kappa shape index (κ2) is 13.4. The molecule has 2 rings (SSSR count). The van der Waals surface area contributed by atoms with Crippen molar-refractivity contribution in [2.24, 2.45) is 10.9 Å². The molecule has 5 nitrogen and oxygen atoms in total. The Kier molecular flexibility index (Phi) is 11.9. The number of nitrogens with one attached hydrogen (secondary N) is 1. The van der Waals surface area contributed by atoms with Gasteiger partial charge in [0.1, 0.15) is 0 Å².